The Morgan fingerprint density at radius 3 is 2.82 bits per heavy atom. The molecule has 2 N–H and O–H groups in total. The first-order valence-corrected chi connectivity index (χ1v) is 6.25. The van der Waals surface area contributed by atoms with Crippen molar-refractivity contribution < 1.29 is 9.13 Å². The van der Waals surface area contributed by atoms with Crippen molar-refractivity contribution in [2.75, 3.05) is 0 Å². The second kappa shape index (κ2) is 5.25. The van der Waals surface area contributed by atoms with E-state index in [0.29, 0.717) is 12.2 Å². The Bertz CT molecular complexity index is 525. The summed E-state index contributed by atoms with van der Waals surface area (Å²) in [4.78, 5) is 0.174. The van der Waals surface area contributed by atoms with Crippen LogP contribution < -0.4 is 10.5 Å². The molecule has 0 saturated carbocycles. The van der Waals surface area contributed by atoms with Crippen LogP contribution in [0.5, 0.6) is 5.75 Å². The molecule has 0 aliphatic carbocycles. The predicted octanol–water partition coefficient (Wildman–Crippen LogP) is 3.10. The van der Waals surface area contributed by atoms with Crippen molar-refractivity contribution >= 4 is 28.5 Å². The zero-order chi connectivity index (χ0) is 12.3. The van der Waals surface area contributed by atoms with Crippen molar-refractivity contribution in [3.8, 4) is 5.75 Å². The summed E-state index contributed by atoms with van der Waals surface area (Å²) in [5.41, 5.74) is 6.93. The molecule has 88 valence electrons. The van der Waals surface area contributed by atoms with Crippen molar-refractivity contribution in [2.24, 2.45) is 5.73 Å². The molecule has 0 saturated heterocycles. The maximum Gasteiger partial charge on any atom is 0.165 e. The molecule has 1 aromatic heterocycles. The lowest BCUT2D eigenvalue weighted by atomic mass is 10.2. The van der Waals surface area contributed by atoms with Gasteiger partial charge < -0.3 is 10.5 Å². The van der Waals surface area contributed by atoms with Gasteiger partial charge in [0.15, 0.2) is 11.6 Å². The second-order valence-corrected chi connectivity index (χ2v) is 4.65. The highest BCUT2D eigenvalue weighted by Crippen LogP contribution is 2.20. The highest BCUT2D eigenvalue weighted by Gasteiger charge is 2.06. The van der Waals surface area contributed by atoms with Crippen LogP contribution in [0.4, 0.5) is 4.39 Å². The molecule has 0 atom stereocenters. The molecule has 2 rings (SSSR count). The molecule has 0 spiro atoms. The molecule has 1 heterocycles. The highest BCUT2D eigenvalue weighted by molar-refractivity contribution is 7.80. The van der Waals surface area contributed by atoms with Gasteiger partial charge in [-0.15, -0.1) is 0 Å². The highest BCUT2D eigenvalue weighted by atomic mass is 32.1. The van der Waals surface area contributed by atoms with E-state index in [1.807, 2.05) is 16.8 Å². The summed E-state index contributed by atoms with van der Waals surface area (Å²) in [5.74, 6) is -0.248. The van der Waals surface area contributed by atoms with Gasteiger partial charge in [0.2, 0.25) is 0 Å². The number of thiocarbonyl (C=S) groups is 1. The number of rotatable bonds is 4. The standard InChI is InChI=1S/C12H10FNOS2/c13-10-5-9(12(14)16)1-2-11(10)15-6-8-3-4-17-7-8/h1-5,7H,6H2,(H2,14,16). The van der Waals surface area contributed by atoms with Gasteiger partial charge in [0.1, 0.15) is 11.6 Å². The number of hydrogen-bond acceptors (Lipinski definition) is 3. The molecule has 5 heteroatoms. The number of hydrogen-bond donors (Lipinski definition) is 1. The minimum atomic E-state index is -0.453. The fourth-order valence-corrected chi connectivity index (χ4v) is 2.09. The number of halogens is 1. The predicted molar refractivity (Wildman–Crippen MR) is 70.9 cm³/mol. The van der Waals surface area contributed by atoms with Crippen molar-refractivity contribution in [3.05, 3.63) is 52.0 Å². The van der Waals surface area contributed by atoms with Gasteiger partial charge in [-0.2, -0.15) is 11.3 Å². The van der Waals surface area contributed by atoms with Gasteiger partial charge in [0.25, 0.3) is 0 Å². The third-order valence-corrected chi connectivity index (χ3v) is 3.16. The molecule has 2 aromatic rings. The van der Waals surface area contributed by atoms with E-state index < -0.39 is 5.82 Å². The van der Waals surface area contributed by atoms with Gasteiger partial charge in [-0.05, 0) is 40.6 Å². The van der Waals surface area contributed by atoms with Crippen LogP contribution in [0, 0.1) is 5.82 Å². The number of benzene rings is 1. The Morgan fingerprint density at radius 1 is 1.41 bits per heavy atom. The van der Waals surface area contributed by atoms with Crippen LogP contribution >= 0.6 is 23.6 Å². The molecule has 0 aliphatic heterocycles. The normalized spacial score (nSPS) is 10.2. The van der Waals surface area contributed by atoms with Crippen LogP contribution in [0.25, 0.3) is 0 Å². The molecule has 0 bridgehead atoms. The molecule has 0 radical (unpaired) electrons. The molecular weight excluding hydrogens is 257 g/mol. The van der Waals surface area contributed by atoms with E-state index in [1.165, 1.54) is 12.1 Å². The third kappa shape index (κ3) is 3.01. The van der Waals surface area contributed by atoms with Gasteiger partial charge in [-0.25, -0.2) is 4.39 Å². The van der Waals surface area contributed by atoms with Crippen molar-refractivity contribution in [3.63, 3.8) is 0 Å². The lowest BCUT2D eigenvalue weighted by Gasteiger charge is -2.07. The first kappa shape index (κ1) is 12.0. The topological polar surface area (TPSA) is 35.2 Å². The smallest absolute Gasteiger partial charge is 0.165 e. The summed E-state index contributed by atoms with van der Waals surface area (Å²) >= 11 is 6.34. The van der Waals surface area contributed by atoms with Gasteiger partial charge in [-0.3, -0.25) is 0 Å². The maximum absolute atomic E-state index is 13.6. The molecule has 0 unspecified atom stereocenters. The van der Waals surface area contributed by atoms with Gasteiger partial charge in [0, 0.05) is 5.56 Å². The van der Waals surface area contributed by atoms with Crippen LogP contribution in [0.15, 0.2) is 35.0 Å². The summed E-state index contributed by atoms with van der Waals surface area (Å²) < 4.78 is 19.0. The Kier molecular flexibility index (Phi) is 3.71. The summed E-state index contributed by atoms with van der Waals surface area (Å²) in [5, 5.41) is 3.91. The maximum atomic E-state index is 13.6. The zero-order valence-electron chi connectivity index (χ0n) is 8.85. The first-order chi connectivity index (χ1) is 8.16. The SMILES string of the molecule is NC(=S)c1ccc(OCc2ccsc2)c(F)c1. The van der Waals surface area contributed by atoms with E-state index in [4.69, 9.17) is 22.7 Å². The van der Waals surface area contributed by atoms with E-state index in [9.17, 15) is 4.39 Å². The minimum absolute atomic E-state index is 0.174. The molecule has 17 heavy (non-hydrogen) atoms. The molecular formula is C12H10FNOS2. The van der Waals surface area contributed by atoms with Crippen molar-refractivity contribution in [1.82, 2.24) is 0 Å². The zero-order valence-corrected chi connectivity index (χ0v) is 10.5. The largest absolute Gasteiger partial charge is 0.486 e. The quantitative estimate of drug-likeness (QED) is 0.865. The van der Waals surface area contributed by atoms with Gasteiger partial charge in [-0.1, -0.05) is 12.2 Å². The van der Waals surface area contributed by atoms with Gasteiger partial charge >= 0.3 is 0 Å². The Morgan fingerprint density at radius 2 is 2.24 bits per heavy atom. The molecule has 0 fully saturated rings. The van der Waals surface area contributed by atoms with E-state index in [-0.39, 0.29) is 10.7 Å². The van der Waals surface area contributed by atoms with Crippen LogP contribution in [-0.2, 0) is 6.61 Å². The van der Waals surface area contributed by atoms with Gasteiger partial charge in [0.05, 0.1) is 0 Å². The average molecular weight is 267 g/mol. The Hall–Kier alpha value is -1.46. The molecule has 0 amide bonds. The van der Waals surface area contributed by atoms with E-state index in [2.05, 4.69) is 0 Å². The number of ether oxygens (including phenoxy) is 1. The average Bonchev–Trinajstić information content (AvgIpc) is 2.80. The minimum Gasteiger partial charge on any atom is -0.486 e. The fraction of sp³-hybridized carbons (Fsp3) is 0.0833. The Labute approximate surface area is 108 Å². The fourth-order valence-electron chi connectivity index (χ4n) is 1.31. The molecule has 1 aromatic carbocycles. The molecule has 2 nitrogen and oxygen atoms in total. The Balaban J connectivity index is 2.09. The summed E-state index contributed by atoms with van der Waals surface area (Å²) in [6, 6.07) is 6.40. The monoisotopic (exact) mass is 267 g/mol. The second-order valence-electron chi connectivity index (χ2n) is 3.43. The van der Waals surface area contributed by atoms with E-state index in [1.54, 1.807) is 17.4 Å². The van der Waals surface area contributed by atoms with E-state index in [0.717, 1.165) is 5.56 Å². The van der Waals surface area contributed by atoms with Crippen molar-refractivity contribution in [1.29, 1.82) is 0 Å². The van der Waals surface area contributed by atoms with Crippen LogP contribution in [0.3, 0.4) is 0 Å². The summed E-state index contributed by atoms with van der Waals surface area (Å²) in [7, 11) is 0. The molecule has 0 aliphatic rings. The first-order valence-electron chi connectivity index (χ1n) is 4.90. The van der Waals surface area contributed by atoms with Crippen LogP contribution in [0.1, 0.15) is 11.1 Å². The summed E-state index contributed by atoms with van der Waals surface area (Å²) in [6.07, 6.45) is 0. The van der Waals surface area contributed by atoms with Crippen LogP contribution in [0.2, 0.25) is 0 Å². The van der Waals surface area contributed by atoms with Crippen LogP contribution in [-0.4, -0.2) is 4.99 Å². The van der Waals surface area contributed by atoms with Crippen molar-refractivity contribution in [2.45, 2.75) is 6.61 Å². The summed E-state index contributed by atoms with van der Waals surface area (Å²) in [6.45, 7) is 0.354. The lowest BCUT2D eigenvalue weighted by Crippen LogP contribution is -2.09. The number of thiophene rings is 1. The number of nitrogens with two attached hydrogens (primary N) is 1. The lowest BCUT2D eigenvalue weighted by molar-refractivity contribution is 0.291. The van der Waals surface area contributed by atoms with E-state index >= 15 is 0 Å². The third-order valence-electron chi connectivity index (χ3n) is 2.19.